The first-order chi connectivity index (χ1) is 12.8. The van der Waals surface area contributed by atoms with Crippen LogP contribution in [-0.4, -0.2) is 54.0 Å². The third-order valence-corrected chi connectivity index (χ3v) is 3.73. The minimum absolute atomic E-state index is 0.0900. The molecule has 0 bridgehead atoms. The molecule has 0 saturated carbocycles. The van der Waals surface area contributed by atoms with E-state index in [0.717, 1.165) is 10.6 Å². The number of amides is 3. The van der Waals surface area contributed by atoms with Gasteiger partial charge in [-0.1, -0.05) is 19.4 Å². The largest absolute Gasteiger partial charge is 0.418 e. The van der Waals surface area contributed by atoms with E-state index >= 15 is 0 Å². The summed E-state index contributed by atoms with van der Waals surface area (Å²) in [5, 5.41) is 0. The number of urea groups is 1. The Labute approximate surface area is 157 Å². The molecule has 1 heterocycles. The van der Waals surface area contributed by atoms with Gasteiger partial charge in [0.05, 0.1) is 6.61 Å². The zero-order chi connectivity index (χ0) is 20.3. The van der Waals surface area contributed by atoms with Crippen molar-refractivity contribution in [3.05, 3.63) is 30.1 Å². The summed E-state index contributed by atoms with van der Waals surface area (Å²) in [6, 6.07) is 3.54. The van der Waals surface area contributed by atoms with Crippen LogP contribution in [0.2, 0.25) is 0 Å². The first-order valence-corrected chi connectivity index (χ1v) is 9.69. The van der Waals surface area contributed by atoms with Gasteiger partial charge in [0.15, 0.2) is 0 Å². The van der Waals surface area contributed by atoms with Crippen molar-refractivity contribution in [1.29, 1.82) is 0 Å². The Morgan fingerprint density at radius 1 is 1.30 bits per heavy atom. The van der Waals surface area contributed by atoms with E-state index in [0.29, 0.717) is 19.3 Å². The van der Waals surface area contributed by atoms with Crippen LogP contribution in [0.1, 0.15) is 32.4 Å². The molecule has 27 heavy (non-hydrogen) atoms. The van der Waals surface area contributed by atoms with Gasteiger partial charge in [0, 0.05) is 24.9 Å². The fourth-order valence-corrected chi connectivity index (χ4v) is 2.42. The van der Waals surface area contributed by atoms with Crippen molar-refractivity contribution in [2.24, 2.45) is 0 Å². The zero-order valence-corrected chi connectivity index (χ0v) is 15.9. The lowest BCUT2D eigenvalue weighted by Gasteiger charge is -2.29. The summed E-state index contributed by atoms with van der Waals surface area (Å²) < 4.78 is 33.5. The first kappa shape index (κ1) is 22.8. The molecule has 0 fully saturated rings. The number of carbonyl (C=O) groups is 2. The number of rotatable bonds is 11. The van der Waals surface area contributed by atoms with Gasteiger partial charge in [-0.05, 0) is 25.5 Å². The lowest BCUT2D eigenvalue weighted by molar-refractivity contribution is -0.138. The number of carbonyl (C=O) groups excluding carboxylic acids is 2. The number of nitrogens with one attached hydrogen (secondary N) is 2. The van der Waals surface area contributed by atoms with Gasteiger partial charge in [-0.25, -0.2) is 10.3 Å². The van der Waals surface area contributed by atoms with Crippen molar-refractivity contribution in [2.75, 3.05) is 13.2 Å². The van der Waals surface area contributed by atoms with E-state index in [2.05, 4.69) is 14.7 Å². The van der Waals surface area contributed by atoms with E-state index in [-0.39, 0.29) is 13.2 Å². The van der Waals surface area contributed by atoms with Crippen molar-refractivity contribution in [3.8, 4) is 0 Å². The molecule has 3 amide bonds. The van der Waals surface area contributed by atoms with E-state index in [1.807, 2.05) is 19.1 Å². The van der Waals surface area contributed by atoms with Crippen molar-refractivity contribution in [1.82, 2.24) is 20.8 Å². The van der Waals surface area contributed by atoms with Crippen molar-refractivity contribution < 1.29 is 31.7 Å². The summed E-state index contributed by atoms with van der Waals surface area (Å²) in [5.41, 5.74) is 4.66. The number of hydrogen-bond acceptors (Lipinski definition) is 7. The maximum absolute atomic E-state index is 12.4. The fraction of sp³-hybridized carbons (Fsp3) is 0.533. The molecule has 12 heteroatoms. The molecule has 152 valence electrons. The molecular formula is C15H24N4O7S. The summed E-state index contributed by atoms with van der Waals surface area (Å²) in [7, 11) is -4.85. The van der Waals surface area contributed by atoms with Crippen LogP contribution in [0.3, 0.4) is 0 Å². The molecule has 1 aromatic heterocycles. The van der Waals surface area contributed by atoms with Crippen molar-refractivity contribution >= 4 is 22.3 Å². The van der Waals surface area contributed by atoms with Crippen LogP contribution in [0.5, 0.6) is 0 Å². The molecule has 11 nitrogen and oxygen atoms in total. The van der Waals surface area contributed by atoms with Gasteiger partial charge >= 0.3 is 16.4 Å². The Balaban J connectivity index is 2.59. The van der Waals surface area contributed by atoms with Crippen LogP contribution in [-0.2, 0) is 30.7 Å². The highest BCUT2D eigenvalue weighted by atomic mass is 32.3. The SMILES string of the molecule is CCC[C@@H](C(=O)NOCCc1ccccn1)N(CC)C(=O)NOS(=O)(=O)O. The average Bonchev–Trinajstić information content (AvgIpc) is 2.63. The lowest BCUT2D eigenvalue weighted by Crippen LogP contribution is -2.53. The van der Waals surface area contributed by atoms with Crippen LogP contribution in [0, 0.1) is 0 Å². The van der Waals surface area contributed by atoms with E-state index in [1.165, 1.54) is 0 Å². The Morgan fingerprint density at radius 3 is 2.59 bits per heavy atom. The summed E-state index contributed by atoms with van der Waals surface area (Å²) in [4.78, 5) is 34.7. The summed E-state index contributed by atoms with van der Waals surface area (Å²) in [6.07, 6.45) is 3.02. The number of nitrogens with zero attached hydrogens (tertiary/aromatic N) is 2. The van der Waals surface area contributed by atoms with Crippen molar-refractivity contribution in [2.45, 2.75) is 39.2 Å². The van der Waals surface area contributed by atoms with E-state index in [9.17, 15) is 18.0 Å². The highest BCUT2D eigenvalue weighted by molar-refractivity contribution is 7.80. The molecule has 0 saturated heterocycles. The first-order valence-electron chi connectivity index (χ1n) is 8.32. The lowest BCUT2D eigenvalue weighted by atomic mass is 10.1. The molecule has 0 aromatic carbocycles. The highest BCUT2D eigenvalue weighted by Crippen LogP contribution is 2.08. The quantitative estimate of drug-likeness (QED) is 0.276. The minimum atomic E-state index is -4.85. The van der Waals surface area contributed by atoms with E-state index in [1.54, 1.807) is 24.7 Å². The molecule has 1 rings (SSSR count). The standard InChI is InChI=1S/C15H24N4O7S/c1-3-7-13(19(4-2)15(21)18-26-27(22,23)24)14(20)17-25-11-9-12-8-5-6-10-16-12/h5-6,8,10,13H,3-4,7,9,11H2,1-2H3,(H,17,20)(H,18,21)(H,22,23,24)/t13-/m0/s1. The second-order valence-electron chi connectivity index (χ2n) is 5.39. The van der Waals surface area contributed by atoms with Gasteiger partial charge in [-0.2, -0.15) is 13.9 Å². The molecule has 0 aliphatic carbocycles. The zero-order valence-electron chi connectivity index (χ0n) is 15.1. The molecule has 0 radical (unpaired) electrons. The maximum Gasteiger partial charge on any atom is 0.418 e. The van der Waals surface area contributed by atoms with Crippen LogP contribution in [0.15, 0.2) is 24.4 Å². The molecule has 0 unspecified atom stereocenters. The van der Waals surface area contributed by atoms with Crippen LogP contribution >= 0.6 is 0 Å². The smallest absolute Gasteiger partial charge is 0.311 e. The second-order valence-corrected chi connectivity index (χ2v) is 6.42. The van der Waals surface area contributed by atoms with Gasteiger partial charge in [-0.3, -0.25) is 19.2 Å². The van der Waals surface area contributed by atoms with E-state index in [4.69, 9.17) is 9.39 Å². The normalized spacial score (nSPS) is 12.3. The van der Waals surface area contributed by atoms with Crippen LogP contribution in [0.4, 0.5) is 4.79 Å². The van der Waals surface area contributed by atoms with Gasteiger partial charge in [0.1, 0.15) is 6.04 Å². The molecule has 0 aliphatic rings. The third kappa shape index (κ3) is 8.77. The van der Waals surface area contributed by atoms with Gasteiger partial charge in [0.25, 0.3) is 5.91 Å². The third-order valence-electron chi connectivity index (χ3n) is 3.44. The molecule has 0 spiro atoms. The Bertz CT molecular complexity index is 699. The molecule has 1 atom stereocenters. The maximum atomic E-state index is 12.4. The summed E-state index contributed by atoms with van der Waals surface area (Å²) in [5.74, 6) is -0.568. The van der Waals surface area contributed by atoms with Crippen LogP contribution in [0.25, 0.3) is 0 Å². The fourth-order valence-electron chi connectivity index (χ4n) is 2.25. The number of likely N-dealkylation sites (N-methyl/N-ethyl adjacent to an activating group) is 1. The van der Waals surface area contributed by atoms with Crippen LogP contribution < -0.4 is 11.0 Å². The summed E-state index contributed by atoms with van der Waals surface area (Å²) in [6.45, 7) is 3.70. The second kappa shape index (κ2) is 11.4. The molecular weight excluding hydrogens is 380 g/mol. The van der Waals surface area contributed by atoms with Gasteiger partial charge in [-0.15, -0.1) is 4.28 Å². The monoisotopic (exact) mass is 404 g/mol. The number of hydroxylamine groups is 2. The molecule has 3 N–H and O–H groups in total. The Kier molecular flexibility index (Phi) is 9.64. The number of aromatic nitrogens is 1. The predicted molar refractivity (Wildman–Crippen MR) is 94.3 cm³/mol. The van der Waals surface area contributed by atoms with Gasteiger partial charge in [0.2, 0.25) is 0 Å². The highest BCUT2D eigenvalue weighted by Gasteiger charge is 2.29. The Hall–Kier alpha value is -2.28. The Morgan fingerprint density at radius 2 is 2.04 bits per heavy atom. The summed E-state index contributed by atoms with van der Waals surface area (Å²) >= 11 is 0. The number of hydrogen-bond donors (Lipinski definition) is 3. The number of pyridine rings is 1. The van der Waals surface area contributed by atoms with Crippen molar-refractivity contribution in [3.63, 3.8) is 0 Å². The topological polar surface area (TPSA) is 147 Å². The van der Waals surface area contributed by atoms with Gasteiger partial charge < -0.3 is 4.90 Å². The molecule has 0 aliphatic heterocycles. The minimum Gasteiger partial charge on any atom is -0.311 e. The predicted octanol–water partition coefficient (Wildman–Crippen LogP) is 0.607. The molecule has 1 aromatic rings. The van der Waals surface area contributed by atoms with E-state index < -0.39 is 28.4 Å². The average molecular weight is 404 g/mol.